The Labute approximate surface area is 88.0 Å². The fourth-order valence-electron chi connectivity index (χ4n) is 1.14. The Morgan fingerprint density at radius 2 is 1.73 bits per heavy atom. The third kappa shape index (κ3) is 2.43. The van der Waals surface area contributed by atoms with Crippen molar-refractivity contribution >= 4 is 11.6 Å². The number of anilines is 2. The minimum atomic E-state index is 0.557. The highest BCUT2D eigenvalue weighted by atomic mass is 16.5. The fourth-order valence-corrected chi connectivity index (χ4v) is 1.14. The minimum Gasteiger partial charge on any atom is -0.494 e. The van der Waals surface area contributed by atoms with Crippen LogP contribution in [0, 0.1) is 0 Å². The van der Waals surface area contributed by atoms with E-state index in [1.165, 1.54) is 0 Å². The van der Waals surface area contributed by atoms with Crippen molar-refractivity contribution in [3.05, 3.63) is 42.7 Å². The van der Waals surface area contributed by atoms with Crippen molar-refractivity contribution in [2.45, 2.75) is 0 Å². The van der Waals surface area contributed by atoms with E-state index in [2.05, 4.69) is 15.3 Å². The molecule has 0 unspecified atom stereocenters. The molecule has 0 fully saturated rings. The van der Waals surface area contributed by atoms with E-state index in [0.29, 0.717) is 11.7 Å². The van der Waals surface area contributed by atoms with Crippen LogP contribution in [0.15, 0.2) is 42.7 Å². The molecular formula is C11H11N3O. The van der Waals surface area contributed by atoms with Gasteiger partial charge in [0, 0.05) is 5.69 Å². The smallest absolute Gasteiger partial charge is 0.227 e. The zero-order valence-corrected chi connectivity index (χ0v) is 8.34. The average Bonchev–Trinajstić information content (AvgIpc) is 2.31. The zero-order chi connectivity index (χ0) is 10.5. The fraction of sp³-hybridized carbons (Fsp3) is 0.0909. The van der Waals surface area contributed by atoms with E-state index in [-0.39, 0.29) is 0 Å². The molecular weight excluding hydrogens is 190 g/mol. The van der Waals surface area contributed by atoms with Crippen molar-refractivity contribution in [3.8, 4) is 5.75 Å². The standard InChI is InChI=1S/C11H11N3O/c1-15-10-7-12-11(13-8-10)14-9-5-3-2-4-6-9/h2-8H,1H3,(H,12,13,14). The molecule has 1 N–H and O–H groups in total. The Balaban J connectivity index is 2.11. The van der Waals surface area contributed by atoms with Crippen LogP contribution in [0.3, 0.4) is 0 Å². The van der Waals surface area contributed by atoms with Gasteiger partial charge >= 0.3 is 0 Å². The summed E-state index contributed by atoms with van der Waals surface area (Å²) < 4.78 is 4.97. The molecule has 0 saturated heterocycles. The van der Waals surface area contributed by atoms with Crippen molar-refractivity contribution in [2.24, 2.45) is 0 Å². The quantitative estimate of drug-likeness (QED) is 0.827. The zero-order valence-electron chi connectivity index (χ0n) is 8.34. The monoisotopic (exact) mass is 201 g/mol. The largest absolute Gasteiger partial charge is 0.494 e. The van der Waals surface area contributed by atoms with Gasteiger partial charge in [0.25, 0.3) is 0 Å². The Morgan fingerprint density at radius 1 is 1.07 bits per heavy atom. The summed E-state index contributed by atoms with van der Waals surface area (Å²) >= 11 is 0. The van der Waals surface area contributed by atoms with Gasteiger partial charge in [-0.25, -0.2) is 9.97 Å². The Bertz CT molecular complexity index is 414. The molecule has 0 bridgehead atoms. The van der Waals surface area contributed by atoms with Crippen molar-refractivity contribution in [3.63, 3.8) is 0 Å². The number of benzene rings is 1. The topological polar surface area (TPSA) is 47.0 Å². The van der Waals surface area contributed by atoms with Crippen LogP contribution in [0.4, 0.5) is 11.6 Å². The van der Waals surface area contributed by atoms with Crippen molar-refractivity contribution in [1.82, 2.24) is 9.97 Å². The van der Waals surface area contributed by atoms with Crippen LogP contribution >= 0.6 is 0 Å². The molecule has 1 aromatic carbocycles. The molecule has 2 aromatic rings. The van der Waals surface area contributed by atoms with Gasteiger partial charge in [0.15, 0.2) is 5.75 Å². The lowest BCUT2D eigenvalue weighted by molar-refractivity contribution is 0.411. The molecule has 4 nitrogen and oxygen atoms in total. The van der Waals surface area contributed by atoms with Crippen LogP contribution in [-0.2, 0) is 0 Å². The summed E-state index contributed by atoms with van der Waals surface area (Å²) in [5, 5.41) is 3.08. The first-order chi connectivity index (χ1) is 7.38. The maximum Gasteiger partial charge on any atom is 0.227 e. The first kappa shape index (κ1) is 9.45. The van der Waals surface area contributed by atoms with Crippen LogP contribution in [-0.4, -0.2) is 17.1 Å². The third-order valence-corrected chi connectivity index (χ3v) is 1.89. The highest BCUT2D eigenvalue weighted by Gasteiger charge is 1.97. The second-order valence-electron chi connectivity index (χ2n) is 2.94. The molecule has 0 radical (unpaired) electrons. The highest BCUT2D eigenvalue weighted by molar-refractivity contribution is 5.52. The van der Waals surface area contributed by atoms with Gasteiger partial charge < -0.3 is 10.1 Å². The molecule has 0 aliphatic rings. The summed E-state index contributed by atoms with van der Waals surface area (Å²) in [5.41, 5.74) is 0.961. The highest BCUT2D eigenvalue weighted by Crippen LogP contribution is 2.13. The number of nitrogens with zero attached hydrogens (tertiary/aromatic N) is 2. The molecule has 0 spiro atoms. The van der Waals surface area contributed by atoms with Crippen LogP contribution < -0.4 is 10.1 Å². The van der Waals surface area contributed by atoms with Gasteiger partial charge in [-0.05, 0) is 12.1 Å². The summed E-state index contributed by atoms with van der Waals surface area (Å²) in [5.74, 6) is 1.20. The summed E-state index contributed by atoms with van der Waals surface area (Å²) in [6.45, 7) is 0. The van der Waals surface area contributed by atoms with E-state index >= 15 is 0 Å². The van der Waals surface area contributed by atoms with Crippen LogP contribution in [0.5, 0.6) is 5.75 Å². The molecule has 4 heteroatoms. The second kappa shape index (κ2) is 4.41. The van der Waals surface area contributed by atoms with Crippen LogP contribution in [0.2, 0.25) is 0 Å². The predicted octanol–water partition coefficient (Wildman–Crippen LogP) is 2.23. The molecule has 1 heterocycles. The van der Waals surface area contributed by atoms with Crippen LogP contribution in [0.25, 0.3) is 0 Å². The first-order valence-electron chi connectivity index (χ1n) is 4.56. The molecule has 15 heavy (non-hydrogen) atoms. The van der Waals surface area contributed by atoms with Crippen molar-refractivity contribution in [1.29, 1.82) is 0 Å². The van der Waals surface area contributed by atoms with Gasteiger partial charge in [-0.2, -0.15) is 0 Å². The molecule has 0 amide bonds. The minimum absolute atomic E-state index is 0.557. The molecule has 0 aliphatic carbocycles. The van der Waals surface area contributed by atoms with E-state index in [0.717, 1.165) is 5.69 Å². The Kier molecular flexibility index (Phi) is 2.78. The number of methoxy groups -OCH3 is 1. The number of ether oxygens (including phenoxy) is 1. The molecule has 2 rings (SSSR count). The van der Waals surface area contributed by atoms with E-state index < -0.39 is 0 Å². The molecule has 0 aliphatic heterocycles. The second-order valence-corrected chi connectivity index (χ2v) is 2.94. The van der Waals surface area contributed by atoms with Gasteiger partial charge in [-0.1, -0.05) is 18.2 Å². The van der Waals surface area contributed by atoms with Gasteiger partial charge in [0.05, 0.1) is 19.5 Å². The molecule has 76 valence electrons. The number of aromatic nitrogens is 2. The molecule has 0 saturated carbocycles. The summed E-state index contributed by atoms with van der Waals surface area (Å²) in [6, 6.07) is 9.76. The van der Waals surface area contributed by atoms with E-state index in [4.69, 9.17) is 4.74 Å². The first-order valence-corrected chi connectivity index (χ1v) is 4.56. The van der Waals surface area contributed by atoms with E-state index in [1.54, 1.807) is 19.5 Å². The van der Waals surface area contributed by atoms with Crippen molar-refractivity contribution in [2.75, 3.05) is 12.4 Å². The Morgan fingerprint density at radius 3 is 2.33 bits per heavy atom. The lowest BCUT2D eigenvalue weighted by Gasteiger charge is -2.04. The predicted molar refractivity (Wildman–Crippen MR) is 58.3 cm³/mol. The number of para-hydroxylation sites is 1. The van der Waals surface area contributed by atoms with Gasteiger partial charge in [0.2, 0.25) is 5.95 Å². The maximum atomic E-state index is 4.97. The number of nitrogens with one attached hydrogen (secondary N) is 1. The lowest BCUT2D eigenvalue weighted by Crippen LogP contribution is -1.96. The number of rotatable bonds is 3. The van der Waals surface area contributed by atoms with E-state index in [9.17, 15) is 0 Å². The van der Waals surface area contributed by atoms with E-state index in [1.807, 2.05) is 30.3 Å². The number of hydrogen-bond donors (Lipinski definition) is 1. The molecule has 1 aromatic heterocycles. The van der Waals surface area contributed by atoms with Crippen LogP contribution in [0.1, 0.15) is 0 Å². The SMILES string of the molecule is COc1cnc(Nc2ccccc2)nc1. The van der Waals surface area contributed by atoms with Crippen molar-refractivity contribution < 1.29 is 4.74 Å². The lowest BCUT2D eigenvalue weighted by atomic mass is 10.3. The summed E-state index contributed by atoms with van der Waals surface area (Å²) in [4.78, 5) is 8.20. The summed E-state index contributed by atoms with van der Waals surface area (Å²) in [6.07, 6.45) is 3.25. The molecule has 0 atom stereocenters. The third-order valence-electron chi connectivity index (χ3n) is 1.89. The van der Waals surface area contributed by atoms with Gasteiger partial charge in [0.1, 0.15) is 0 Å². The maximum absolute atomic E-state index is 4.97. The average molecular weight is 201 g/mol. The van der Waals surface area contributed by atoms with Gasteiger partial charge in [-0.15, -0.1) is 0 Å². The summed E-state index contributed by atoms with van der Waals surface area (Å²) in [7, 11) is 1.59. The Hall–Kier alpha value is -2.10. The van der Waals surface area contributed by atoms with Gasteiger partial charge in [-0.3, -0.25) is 0 Å². The number of hydrogen-bond acceptors (Lipinski definition) is 4. The normalized spacial score (nSPS) is 9.67.